The minimum absolute atomic E-state index is 0.0950. The van der Waals surface area contributed by atoms with Crippen LogP contribution in [0.3, 0.4) is 0 Å². The van der Waals surface area contributed by atoms with Crippen molar-refractivity contribution in [2.45, 2.75) is 6.92 Å². The number of methoxy groups -OCH3 is 1. The number of benzene rings is 2. The first-order chi connectivity index (χ1) is 8.20. The molecule has 0 N–H and O–H groups in total. The summed E-state index contributed by atoms with van der Waals surface area (Å²) < 4.78 is 5.16. The van der Waals surface area contributed by atoms with Crippen molar-refractivity contribution in [3.8, 4) is 16.9 Å². The van der Waals surface area contributed by atoms with E-state index in [1.807, 2.05) is 43.3 Å². The minimum atomic E-state index is 0.0950. The number of fused-ring (bicyclic) bond motifs is 3. The standard InChI is InChI=1S/C15H12O2/c1-9-3-5-11-12-6-4-10(17-2)8-14(12)15(16)13(11)7-9/h3-8H,1-2H3. The molecule has 0 amide bonds. The Morgan fingerprint density at radius 2 is 1.53 bits per heavy atom. The fraction of sp³-hybridized carbons (Fsp3) is 0.133. The third-order valence-electron chi connectivity index (χ3n) is 3.18. The largest absolute Gasteiger partial charge is 0.497 e. The van der Waals surface area contributed by atoms with Gasteiger partial charge in [-0.1, -0.05) is 17.7 Å². The van der Waals surface area contributed by atoms with Crippen LogP contribution >= 0.6 is 0 Å². The van der Waals surface area contributed by atoms with Crippen LogP contribution in [0.1, 0.15) is 21.5 Å². The van der Waals surface area contributed by atoms with E-state index in [-0.39, 0.29) is 5.78 Å². The van der Waals surface area contributed by atoms with Gasteiger partial charge in [0.1, 0.15) is 5.75 Å². The smallest absolute Gasteiger partial charge is 0.194 e. The van der Waals surface area contributed by atoms with E-state index in [0.29, 0.717) is 0 Å². The van der Waals surface area contributed by atoms with Gasteiger partial charge < -0.3 is 4.74 Å². The molecular formula is C15H12O2. The lowest BCUT2D eigenvalue weighted by Crippen LogP contribution is -1.96. The molecule has 2 nitrogen and oxygen atoms in total. The van der Waals surface area contributed by atoms with Gasteiger partial charge in [-0.3, -0.25) is 4.79 Å². The summed E-state index contributed by atoms with van der Waals surface area (Å²) in [6, 6.07) is 11.7. The third-order valence-corrected chi connectivity index (χ3v) is 3.18. The lowest BCUT2D eigenvalue weighted by atomic mass is 10.0. The Labute approximate surface area is 99.9 Å². The van der Waals surface area contributed by atoms with Gasteiger partial charge in [0.25, 0.3) is 0 Å². The molecule has 1 aliphatic rings. The first-order valence-corrected chi connectivity index (χ1v) is 5.54. The monoisotopic (exact) mass is 224 g/mol. The lowest BCUT2D eigenvalue weighted by Gasteiger charge is -2.02. The number of carbonyl (C=O) groups is 1. The van der Waals surface area contributed by atoms with E-state index in [4.69, 9.17) is 4.74 Å². The number of hydrogen-bond donors (Lipinski definition) is 0. The number of carbonyl (C=O) groups excluding carboxylic acids is 1. The summed E-state index contributed by atoms with van der Waals surface area (Å²) >= 11 is 0. The SMILES string of the molecule is COc1ccc2c(c1)C(=O)c1cc(C)ccc1-2. The number of ketones is 1. The van der Waals surface area contributed by atoms with Crippen LogP contribution in [-0.2, 0) is 0 Å². The molecule has 0 bridgehead atoms. The van der Waals surface area contributed by atoms with Gasteiger partial charge in [0.15, 0.2) is 5.78 Å². The molecule has 84 valence electrons. The molecule has 0 atom stereocenters. The van der Waals surface area contributed by atoms with Crippen LogP contribution < -0.4 is 4.74 Å². The fourth-order valence-electron chi connectivity index (χ4n) is 2.30. The summed E-state index contributed by atoms with van der Waals surface area (Å²) in [6.45, 7) is 2.00. The zero-order valence-corrected chi connectivity index (χ0v) is 9.78. The zero-order valence-electron chi connectivity index (χ0n) is 9.78. The molecule has 1 aliphatic carbocycles. The van der Waals surface area contributed by atoms with E-state index >= 15 is 0 Å². The topological polar surface area (TPSA) is 26.3 Å². The molecule has 0 radical (unpaired) electrons. The first kappa shape index (κ1) is 10.1. The minimum Gasteiger partial charge on any atom is -0.497 e. The molecular weight excluding hydrogens is 212 g/mol. The first-order valence-electron chi connectivity index (χ1n) is 5.54. The Morgan fingerprint density at radius 3 is 2.24 bits per heavy atom. The number of ether oxygens (including phenoxy) is 1. The molecule has 0 heterocycles. The number of aryl methyl sites for hydroxylation is 1. The molecule has 0 aliphatic heterocycles. The molecule has 3 rings (SSSR count). The second-order valence-electron chi connectivity index (χ2n) is 4.29. The summed E-state index contributed by atoms with van der Waals surface area (Å²) in [5, 5.41) is 0. The van der Waals surface area contributed by atoms with E-state index in [9.17, 15) is 4.79 Å². The quantitative estimate of drug-likeness (QED) is 0.634. The van der Waals surface area contributed by atoms with Gasteiger partial charge in [0.05, 0.1) is 7.11 Å². The molecule has 2 heteroatoms. The summed E-state index contributed by atoms with van der Waals surface area (Å²) in [5.41, 5.74) is 4.68. The van der Waals surface area contributed by atoms with Gasteiger partial charge in [0, 0.05) is 11.1 Å². The van der Waals surface area contributed by atoms with Gasteiger partial charge >= 0.3 is 0 Å². The highest BCUT2D eigenvalue weighted by Gasteiger charge is 2.26. The summed E-state index contributed by atoms with van der Waals surface area (Å²) in [5.74, 6) is 0.819. The highest BCUT2D eigenvalue weighted by Crippen LogP contribution is 2.38. The molecule has 2 aromatic rings. The molecule has 0 saturated carbocycles. The highest BCUT2D eigenvalue weighted by atomic mass is 16.5. The maximum atomic E-state index is 12.3. The van der Waals surface area contributed by atoms with Crippen molar-refractivity contribution in [3.05, 3.63) is 53.1 Å². The fourth-order valence-corrected chi connectivity index (χ4v) is 2.30. The molecule has 0 saturated heterocycles. The second-order valence-corrected chi connectivity index (χ2v) is 4.29. The predicted molar refractivity (Wildman–Crippen MR) is 66.6 cm³/mol. The maximum Gasteiger partial charge on any atom is 0.194 e. The molecule has 0 spiro atoms. The van der Waals surface area contributed by atoms with E-state index < -0.39 is 0 Å². The van der Waals surface area contributed by atoms with Crippen molar-refractivity contribution in [3.63, 3.8) is 0 Å². The van der Waals surface area contributed by atoms with Crippen molar-refractivity contribution in [1.82, 2.24) is 0 Å². The second kappa shape index (κ2) is 3.45. The Bertz CT molecular complexity index is 627. The number of rotatable bonds is 1. The molecule has 0 aromatic heterocycles. The summed E-state index contributed by atoms with van der Waals surface area (Å²) in [7, 11) is 1.61. The molecule has 0 fully saturated rings. The third kappa shape index (κ3) is 1.37. The van der Waals surface area contributed by atoms with Crippen LogP contribution in [0.4, 0.5) is 0 Å². The van der Waals surface area contributed by atoms with Gasteiger partial charge in [-0.05, 0) is 42.3 Å². The van der Waals surface area contributed by atoms with Gasteiger partial charge in [0.2, 0.25) is 0 Å². The van der Waals surface area contributed by atoms with Crippen LogP contribution in [0.5, 0.6) is 5.75 Å². The van der Waals surface area contributed by atoms with Crippen molar-refractivity contribution in [2.24, 2.45) is 0 Å². The average molecular weight is 224 g/mol. The average Bonchev–Trinajstić information content (AvgIpc) is 2.62. The Kier molecular flexibility index (Phi) is 2.05. The van der Waals surface area contributed by atoms with Crippen LogP contribution in [0.2, 0.25) is 0 Å². The summed E-state index contributed by atoms with van der Waals surface area (Å²) in [6.07, 6.45) is 0. The molecule has 17 heavy (non-hydrogen) atoms. The van der Waals surface area contributed by atoms with Gasteiger partial charge in [-0.25, -0.2) is 0 Å². The Morgan fingerprint density at radius 1 is 0.882 bits per heavy atom. The molecule has 0 unspecified atom stereocenters. The van der Waals surface area contributed by atoms with E-state index in [2.05, 4.69) is 0 Å². The van der Waals surface area contributed by atoms with Crippen LogP contribution in [0, 0.1) is 6.92 Å². The van der Waals surface area contributed by atoms with E-state index in [1.54, 1.807) is 7.11 Å². The zero-order chi connectivity index (χ0) is 12.0. The van der Waals surface area contributed by atoms with Crippen molar-refractivity contribution >= 4 is 5.78 Å². The van der Waals surface area contributed by atoms with Crippen LogP contribution in [-0.4, -0.2) is 12.9 Å². The van der Waals surface area contributed by atoms with Crippen molar-refractivity contribution in [2.75, 3.05) is 7.11 Å². The van der Waals surface area contributed by atoms with Gasteiger partial charge in [-0.2, -0.15) is 0 Å². The van der Waals surface area contributed by atoms with Crippen molar-refractivity contribution < 1.29 is 9.53 Å². The van der Waals surface area contributed by atoms with Crippen LogP contribution in [0.25, 0.3) is 11.1 Å². The maximum absolute atomic E-state index is 12.3. The van der Waals surface area contributed by atoms with Crippen LogP contribution in [0.15, 0.2) is 36.4 Å². The Hall–Kier alpha value is -2.09. The van der Waals surface area contributed by atoms with E-state index in [1.165, 1.54) is 0 Å². The lowest BCUT2D eigenvalue weighted by molar-refractivity contribution is 0.104. The highest BCUT2D eigenvalue weighted by molar-refractivity contribution is 6.21. The van der Waals surface area contributed by atoms with E-state index in [0.717, 1.165) is 33.6 Å². The predicted octanol–water partition coefficient (Wildman–Crippen LogP) is 3.22. The normalized spacial score (nSPS) is 12.2. The molecule has 2 aromatic carbocycles. The summed E-state index contributed by atoms with van der Waals surface area (Å²) in [4.78, 5) is 12.3. The van der Waals surface area contributed by atoms with Gasteiger partial charge in [-0.15, -0.1) is 0 Å². The number of hydrogen-bond acceptors (Lipinski definition) is 2. The van der Waals surface area contributed by atoms with Crippen molar-refractivity contribution in [1.29, 1.82) is 0 Å². The Balaban J connectivity index is 2.27.